The summed E-state index contributed by atoms with van der Waals surface area (Å²) in [5.41, 5.74) is 1.70. The second-order valence-electron chi connectivity index (χ2n) is 5.05. The van der Waals surface area contributed by atoms with Crippen molar-refractivity contribution in [1.82, 2.24) is 9.97 Å². The number of rotatable bonds is 3. The summed E-state index contributed by atoms with van der Waals surface area (Å²) in [6, 6.07) is 9.67. The predicted molar refractivity (Wildman–Crippen MR) is 79.9 cm³/mol. The van der Waals surface area contributed by atoms with E-state index in [4.69, 9.17) is 0 Å². The zero-order valence-corrected chi connectivity index (χ0v) is 12.1. The van der Waals surface area contributed by atoms with Crippen LogP contribution in [0.3, 0.4) is 0 Å². The second-order valence-corrected chi connectivity index (χ2v) is 5.05. The summed E-state index contributed by atoms with van der Waals surface area (Å²) in [6.45, 7) is 0.283. The van der Waals surface area contributed by atoms with Crippen LogP contribution >= 0.6 is 0 Å². The largest absolute Gasteiger partial charge is 0.469 e. The summed E-state index contributed by atoms with van der Waals surface area (Å²) in [7, 11) is 1.32. The molecule has 1 amide bonds. The Kier molecular flexibility index (Phi) is 3.82. The molecule has 1 aromatic carbocycles. The Morgan fingerprint density at radius 3 is 2.64 bits per heavy atom. The van der Waals surface area contributed by atoms with E-state index in [-0.39, 0.29) is 24.8 Å². The number of carbonyl (C=O) groups excluding carboxylic acids is 2. The first-order valence-electron chi connectivity index (χ1n) is 6.94. The molecule has 6 heteroatoms. The molecule has 1 unspecified atom stereocenters. The quantitative estimate of drug-likeness (QED) is 0.806. The summed E-state index contributed by atoms with van der Waals surface area (Å²) in [5, 5.41) is 0. The lowest BCUT2D eigenvalue weighted by molar-refractivity contribution is -0.145. The van der Waals surface area contributed by atoms with Gasteiger partial charge in [0.25, 0.3) is 0 Å². The highest BCUT2D eigenvalue weighted by molar-refractivity contribution is 5.98. The van der Waals surface area contributed by atoms with E-state index in [1.54, 1.807) is 12.4 Å². The fraction of sp³-hybridized carbons (Fsp3) is 0.250. The van der Waals surface area contributed by atoms with Gasteiger partial charge in [-0.1, -0.05) is 30.3 Å². The minimum absolute atomic E-state index is 0.142. The van der Waals surface area contributed by atoms with Gasteiger partial charge in [0.05, 0.1) is 31.1 Å². The molecule has 0 radical (unpaired) electrons. The number of nitrogens with zero attached hydrogens (tertiary/aromatic N) is 3. The maximum absolute atomic E-state index is 12.0. The molecule has 0 saturated carbocycles. The topological polar surface area (TPSA) is 72.4 Å². The Bertz CT molecular complexity index is 686. The highest BCUT2D eigenvalue weighted by Crippen LogP contribution is 2.25. The van der Waals surface area contributed by atoms with Crippen molar-refractivity contribution in [2.24, 2.45) is 5.92 Å². The van der Waals surface area contributed by atoms with Gasteiger partial charge in [-0.15, -0.1) is 0 Å². The lowest BCUT2D eigenvalue weighted by atomic mass is 10.1. The molecule has 0 bridgehead atoms. The number of amides is 1. The zero-order valence-electron chi connectivity index (χ0n) is 12.1. The molecule has 0 aliphatic carbocycles. The Balaban J connectivity index is 1.79. The molecule has 1 aliphatic rings. The molecule has 2 heterocycles. The van der Waals surface area contributed by atoms with Gasteiger partial charge in [0.15, 0.2) is 5.82 Å². The first-order chi connectivity index (χ1) is 10.7. The van der Waals surface area contributed by atoms with Crippen molar-refractivity contribution in [2.45, 2.75) is 6.42 Å². The SMILES string of the molecule is COC(=O)C1CC(=O)N(c2cnc(-c3ccccc3)cn2)C1. The lowest BCUT2D eigenvalue weighted by Crippen LogP contribution is -2.27. The van der Waals surface area contributed by atoms with Gasteiger partial charge in [-0.05, 0) is 0 Å². The van der Waals surface area contributed by atoms with E-state index in [0.717, 1.165) is 11.3 Å². The number of hydrogen-bond donors (Lipinski definition) is 0. The van der Waals surface area contributed by atoms with E-state index in [1.807, 2.05) is 30.3 Å². The van der Waals surface area contributed by atoms with Crippen LogP contribution in [0.1, 0.15) is 6.42 Å². The highest BCUT2D eigenvalue weighted by atomic mass is 16.5. The molecule has 1 fully saturated rings. The standard InChI is InChI=1S/C16H15N3O3/c1-22-16(21)12-7-15(20)19(10-12)14-9-17-13(8-18-14)11-5-3-2-4-6-11/h2-6,8-9,12H,7,10H2,1H3. The van der Waals surface area contributed by atoms with Crippen LogP contribution in [-0.2, 0) is 14.3 Å². The number of benzene rings is 1. The third-order valence-corrected chi connectivity index (χ3v) is 3.64. The van der Waals surface area contributed by atoms with Gasteiger partial charge in [0, 0.05) is 18.5 Å². The summed E-state index contributed by atoms with van der Waals surface area (Å²) < 4.78 is 4.69. The van der Waals surface area contributed by atoms with Gasteiger partial charge in [-0.25, -0.2) is 4.98 Å². The third-order valence-electron chi connectivity index (χ3n) is 3.64. The number of carbonyl (C=O) groups is 2. The smallest absolute Gasteiger partial charge is 0.311 e. The molecule has 1 saturated heterocycles. The minimum atomic E-state index is -0.437. The number of ether oxygens (including phenoxy) is 1. The molecule has 22 heavy (non-hydrogen) atoms. The van der Waals surface area contributed by atoms with E-state index >= 15 is 0 Å². The summed E-state index contributed by atoms with van der Waals surface area (Å²) in [5.74, 6) is -0.494. The van der Waals surface area contributed by atoms with Crippen molar-refractivity contribution >= 4 is 17.7 Å². The second kappa shape index (κ2) is 5.93. The molecule has 0 N–H and O–H groups in total. The van der Waals surface area contributed by atoms with Gasteiger partial charge in [0.1, 0.15) is 0 Å². The van der Waals surface area contributed by atoms with Crippen LogP contribution in [-0.4, -0.2) is 35.5 Å². The first-order valence-corrected chi connectivity index (χ1v) is 6.94. The van der Waals surface area contributed by atoms with E-state index in [1.165, 1.54) is 12.0 Å². The van der Waals surface area contributed by atoms with Crippen LogP contribution in [0.25, 0.3) is 11.3 Å². The Hall–Kier alpha value is -2.76. The summed E-state index contributed by atoms with van der Waals surface area (Å²) >= 11 is 0. The van der Waals surface area contributed by atoms with Gasteiger partial charge >= 0.3 is 5.97 Å². The fourth-order valence-corrected chi connectivity index (χ4v) is 2.47. The van der Waals surface area contributed by atoms with Crippen LogP contribution in [0, 0.1) is 5.92 Å². The number of hydrogen-bond acceptors (Lipinski definition) is 5. The molecular formula is C16H15N3O3. The number of methoxy groups -OCH3 is 1. The lowest BCUT2D eigenvalue weighted by Gasteiger charge is -2.14. The van der Waals surface area contributed by atoms with Crippen molar-refractivity contribution < 1.29 is 14.3 Å². The van der Waals surface area contributed by atoms with Crippen molar-refractivity contribution in [3.63, 3.8) is 0 Å². The van der Waals surface area contributed by atoms with Gasteiger partial charge in [0.2, 0.25) is 5.91 Å². The highest BCUT2D eigenvalue weighted by Gasteiger charge is 2.36. The monoisotopic (exact) mass is 297 g/mol. The first kappa shape index (κ1) is 14.2. The maximum Gasteiger partial charge on any atom is 0.311 e. The molecule has 112 valence electrons. The number of esters is 1. The Morgan fingerprint density at radius 1 is 1.23 bits per heavy atom. The van der Waals surface area contributed by atoms with Crippen molar-refractivity contribution in [3.8, 4) is 11.3 Å². The molecule has 1 aromatic heterocycles. The minimum Gasteiger partial charge on any atom is -0.469 e. The molecule has 3 rings (SSSR count). The van der Waals surface area contributed by atoms with Crippen LogP contribution in [0.4, 0.5) is 5.82 Å². The van der Waals surface area contributed by atoms with Crippen LogP contribution in [0.5, 0.6) is 0 Å². The van der Waals surface area contributed by atoms with Crippen molar-refractivity contribution in [2.75, 3.05) is 18.6 Å². The summed E-state index contributed by atoms with van der Waals surface area (Å²) in [6.07, 6.45) is 3.33. The average molecular weight is 297 g/mol. The number of anilines is 1. The zero-order chi connectivity index (χ0) is 15.5. The predicted octanol–water partition coefficient (Wildman–Crippen LogP) is 1.67. The molecule has 0 spiro atoms. The van der Waals surface area contributed by atoms with Crippen molar-refractivity contribution in [3.05, 3.63) is 42.7 Å². The summed E-state index contributed by atoms with van der Waals surface area (Å²) in [4.78, 5) is 33.7. The molecule has 1 aliphatic heterocycles. The van der Waals surface area contributed by atoms with Gasteiger partial charge < -0.3 is 4.74 Å². The maximum atomic E-state index is 12.0. The van der Waals surface area contributed by atoms with E-state index in [2.05, 4.69) is 14.7 Å². The molecule has 1 atom stereocenters. The number of aromatic nitrogens is 2. The average Bonchev–Trinajstić information content (AvgIpc) is 2.97. The van der Waals surface area contributed by atoms with Crippen LogP contribution < -0.4 is 4.90 Å². The third kappa shape index (κ3) is 2.67. The molecule has 6 nitrogen and oxygen atoms in total. The van der Waals surface area contributed by atoms with E-state index < -0.39 is 5.92 Å². The normalized spacial score (nSPS) is 17.6. The van der Waals surface area contributed by atoms with E-state index in [9.17, 15) is 9.59 Å². The Labute approximate surface area is 127 Å². The molecular weight excluding hydrogens is 282 g/mol. The van der Waals surface area contributed by atoms with Crippen LogP contribution in [0.15, 0.2) is 42.7 Å². The van der Waals surface area contributed by atoms with Gasteiger partial charge in [-0.2, -0.15) is 0 Å². The van der Waals surface area contributed by atoms with Crippen molar-refractivity contribution in [1.29, 1.82) is 0 Å². The fourth-order valence-electron chi connectivity index (χ4n) is 2.47. The van der Waals surface area contributed by atoms with Crippen LogP contribution in [0.2, 0.25) is 0 Å². The van der Waals surface area contributed by atoms with Gasteiger partial charge in [-0.3, -0.25) is 19.5 Å². The molecule has 2 aromatic rings. The van der Waals surface area contributed by atoms with E-state index in [0.29, 0.717) is 5.82 Å². The Morgan fingerprint density at radius 2 is 2.00 bits per heavy atom.